The summed E-state index contributed by atoms with van der Waals surface area (Å²) in [6.45, 7) is 8.62. The number of hydrogen-bond donors (Lipinski definition) is 1. The zero-order valence-electron chi connectivity index (χ0n) is 12.6. The summed E-state index contributed by atoms with van der Waals surface area (Å²) in [4.78, 5) is 4.24. The second-order valence-corrected chi connectivity index (χ2v) is 6.77. The summed E-state index contributed by atoms with van der Waals surface area (Å²) in [6.07, 6.45) is 4.75. The summed E-state index contributed by atoms with van der Waals surface area (Å²) in [5.74, 6) is 0. The Labute approximate surface area is 120 Å². The summed E-state index contributed by atoms with van der Waals surface area (Å²) >= 11 is 0. The SMILES string of the molecule is CC1(C)CC(Nc2cccc3ccncc23)C(C)(C)O1. The fourth-order valence-corrected chi connectivity index (χ4v) is 3.21. The van der Waals surface area contributed by atoms with Gasteiger partial charge >= 0.3 is 0 Å². The molecule has 1 atom stereocenters. The molecule has 20 heavy (non-hydrogen) atoms. The number of anilines is 1. The molecule has 3 rings (SSSR count). The van der Waals surface area contributed by atoms with Crippen LogP contribution in [0.2, 0.25) is 0 Å². The van der Waals surface area contributed by atoms with Gasteiger partial charge in [0.2, 0.25) is 0 Å². The maximum Gasteiger partial charge on any atom is 0.0834 e. The topological polar surface area (TPSA) is 34.2 Å². The van der Waals surface area contributed by atoms with Crippen LogP contribution in [0.5, 0.6) is 0 Å². The molecule has 1 N–H and O–H groups in total. The van der Waals surface area contributed by atoms with Crippen molar-refractivity contribution < 1.29 is 4.74 Å². The number of ether oxygens (including phenoxy) is 1. The quantitative estimate of drug-likeness (QED) is 0.896. The van der Waals surface area contributed by atoms with Crippen LogP contribution in [0.15, 0.2) is 36.7 Å². The minimum Gasteiger partial charge on any atom is -0.379 e. The van der Waals surface area contributed by atoms with Crippen molar-refractivity contribution in [1.29, 1.82) is 0 Å². The van der Waals surface area contributed by atoms with E-state index in [1.807, 2.05) is 18.5 Å². The lowest BCUT2D eigenvalue weighted by Crippen LogP contribution is -2.38. The largest absolute Gasteiger partial charge is 0.379 e. The van der Waals surface area contributed by atoms with Crippen LogP contribution in [0.3, 0.4) is 0 Å². The summed E-state index contributed by atoms with van der Waals surface area (Å²) in [5, 5.41) is 6.04. The first-order chi connectivity index (χ1) is 9.37. The second kappa shape index (κ2) is 4.45. The Hall–Kier alpha value is -1.61. The molecule has 1 unspecified atom stereocenters. The molecule has 3 heteroatoms. The van der Waals surface area contributed by atoms with Gasteiger partial charge in [0, 0.05) is 23.5 Å². The van der Waals surface area contributed by atoms with Crippen molar-refractivity contribution in [2.75, 3.05) is 5.32 Å². The van der Waals surface area contributed by atoms with E-state index < -0.39 is 0 Å². The molecule has 1 aromatic carbocycles. The van der Waals surface area contributed by atoms with Gasteiger partial charge in [0.05, 0.1) is 17.2 Å². The van der Waals surface area contributed by atoms with Crippen LogP contribution < -0.4 is 5.32 Å². The Morgan fingerprint density at radius 1 is 1.20 bits per heavy atom. The predicted octanol–water partition coefficient (Wildman–Crippen LogP) is 3.99. The molecule has 1 aliphatic heterocycles. The Balaban J connectivity index is 1.94. The summed E-state index contributed by atoms with van der Waals surface area (Å²) in [6, 6.07) is 8.65. The van der Waals surface area contributed by atoms with Gasteiger partial charge in [0.25, 0.3) is 0 Å². The fourth-order valence-electron chi connectivity index (χ4n) is 3.21. The van der Waals surface area contributed by atoms with Gasteiger partial charge in [-0.1, -0.05) is 12.1 Å². The van der Waals surface area contributed by atoms with Gasteiger partial charge in [-0.15, -0.1) is 0 Å². The van der Waals surface area contributed by atoms with Gasteiger partial charge in [-0.25, -0.2) is 0 Å². The minimum absolute atomic E-state index is 0.0794. The van der Waals surface area contributed by atoms with Crippen LogP contribution in [0.25, 0.3) is 10.8 Å². The van der Waals surface area contributed by atoms with E-state index in [0.717, 1.165) is 17.5 Å². The standard InChI is InChI=1S/C17H22N2O/c1-16(2)10-15(17(3,4)20-16)19-14-7-5-6-12-8-9-18-11-13(12)14/h5-9,11,15,19H,10H2,1-4H3. The van der Waals surface area contributed by atoms with E-state index in [-0.39, 0.29) is 11.2 Å². The Kier molecular flexibility index (Phi) is 2.98. The van der Waals surface area contributed by atoms with Crippen molar-refractivity contribution >= 4 is 16.5 Å². The summed E-state index contributed by atoms with van der Waals surface area (Å²) < 4.78 is 6.15. The minimum atomic E-state index is -0.173. The summed E-state index contributed by atoms with van der Waals surface area (Å²) in [7, 11) is 0. The summed E-state index contributed by atoms with van der Waals surface area (Å²) in [5.41, 5.74) is 0.882. The van der Waals surface area contributed by atoms with Crippen molar-refractivity contribution in [2.45, 2.75) is 51.4 Å². The molecular formula is C17H22N2O. The highest BCUT2D eigenvalue weighted by atomic mass is 16.5. The highest BCUT2D eigenvalue weighted by Gasteiger charge is 2.45. The van der Waals surface area contributed by atoms with Crippen LogP contribution in [0.4, 0.5) is 5.69 Å². The van der Waals surface area contributed by atoms with Crippen LogP contribution in [-0.2, 0) is 4.74 Å². The van der Waals surface area contributed by atoms with E-state index in [1.54, 1.807) is 0 Å². The fraction of sp³-hybridized carbons (Fsp3) is 0.471. The molecule has 1 aliphatic rings. The van der Waals surface area contributed by atoms with Gasteiger partial charge in [-0.3, -0.25) is 4.98 Å². The van der Waals surface area contributed by atoms with Crippen molar-refractivity contribution in [2.24, 2.45) is 0 Å². The highest BCUT2D eigenvalue weighted by molar-refractivity contribution is 5.93. The number of nitrogens with one attached hydrogen (secondary N) is 1. The Bertz CT molecular complexity index is 628. The molecule has 1 fully saturated rings. The van der Waals surface area contributed by atoms with Gasteiger partial charge in [-0.2, -0.15) is 0 Å². The first-order valence-corrected chi connectivity index (χ1v) is 7.17. The third-order valence-electron chi connectivity index (χ3n) is 4.09. The number of nitrogens with zero attached hydrogens (tertiary/aromatic N) is 1. The average Bonchev–Trinajstić information content (AvgIpc) is 2.57. The molecule has 1 saturated heterocycles. The maximum atomic E-state index is 6.15. The van der Waals surface area contributed by atoms with E-state index in [4.69, 9.17) is 4.74 Å². The van der Waals surface area contributed by atoms with Gasteiger partial charge < -0.3 is 10.1 Å². The number of aromatic nitrogens is 1. The molecule has 0 amide bonds. The van der Waals surface area contributed by atoms with E-state index in [2.05, 4.69) is 56.2 Å². The first-order valence-electron chi connectivity index (χ1n) is 7.17. The highest BCUT2D eigenvalue weighted by Crippen LogP contribution is 2.39. The Morgan fingerprint density at radius 3 is 2.70 bits per heavy atom. The van der Waals surface area contributed by atoms with Crippen molar-refractivity contribution in [3.05, 3.63) is 36.7 Å². The van der Waals surface area contributed by atoms with Gasteiger partial charge in [0.1, 0.15) is 0 Å². The van der Waals surface area contributed by atoms with Gasteiger partial charge in [-0.05, 0) is 51.6 Å². The third kappa shape index (κ3) is 2.38. The predicted molar refractivity (Wildman–Crippen MR) is 83.0 cm³/mol. The molecule has 0 aliphatic carbocycles. The number of rotatable bonds is 2. The van der Waals surface area contributed by atoms with Crippen LogP contribution in [-0.4, -0.2) is 22.2 Å². The normalized spacial score (nSPS) is 23.9. The molecule has 3 nitrogen and oxygen atoms in total. The monoisotopic (exact) mass is 270 g/mol. The van der Waals surface area contributed by atoms with Gasteiger partial charge in [0.15, 0.2) is 0 Å². The zero-order chi connectivity index (χ0) is 14.4. The molecule has 0 radical (unpaired) electrons. The Morgan fingerprint density at radius 2 is 2.00 bits per heavy atom. The molecule has 0 bridgehead atoms. The van der Waals surface area contributed by atoms with Crippen molar-refractivity contribution in [3.8, 4) is 0 Å². The molecule has 2 heterocycles. The molecule has 0 saturated carbocycles. The number of hydrogen-bond acceptors (Lipinski definition) is 3. The maximum absolute atomic E-state index is 6.15. The van der Waals surface area contributed by atoms with Crippen molar-refractivity contribution in [3.63, 3.8) is 0 Å². The lowest BCUT2D eigenvalue weighted by molar-refractivity contribution is -0.0662. The zero-order valence-corrected chi connectivity index (χ0v) is 12.6. The molecule has 1 aromatic heterocycles. The molecule has 0 spiro atoms. The molecule has 2 aromatic rings. The number of benzene rings is 1. The van der Waals surface area contributed by atoms with Crippen LogP contribution in [0, 0.1) is 0 Å². The van der Waals surface area contributed by atoms with E-state index in [0.29, 0.717) is 6.04 Å². The lowest BCUT2D eigenvalue weighted by Gasteiger charge is -2.28. The van der Waals surface area contributed by atoms with E-state index in [1.165, 1.54) is 5.39 Å². The van der Waals surface area contributed by atoms with Crippen molar-refractivity contribution in [1.82, 2.24) is 4.98 Å². The average molecular weight is 270 g/mol. The van der Waals surface area contributed by atoms with E-state index >= 15 is 0 Å². The first kappa shape index (κ1) is 13.4. The number of fused-ring (bicyclic) bond motifs is 1. The molecule has 106 valence electrons. The lowest BCUT2D eigenvalue weighted by atomic mass is 9.94. The molecular weight excluding hydrogens is 248 g/mol. The van der Waals surface area contributed by atoms with E-state index in [9.17, 15) is 0 Å². The third-order valence-corrected chi connectivity index (χ3v) is 4.09. The smallest absolute Gasteiger partial charge is 0.0834 e. The number of pyridine rings is 1. The van der Waals surface area contributed by atoms with Crippen LogP contribution >= 0.6 is 0 Å². The second-order valence-electron chi connectivity index (χ2n) is 6.77. The van der Waals surface area contributed by atoms with Crippen LogP contribution in [0.1, 0.15) is 34.1 Å².